The normalized spacial score (nSPS) is 11.9. The van der Waals surface area contributed by atoms with E-state index in [0.29, 0.717) is 24.7 Å². The van der Waals surface area contributed by atoms with Crippen LogP contribution in [0.2, 0.25) is 0 Å². The van der Waals surface area contributed by atoms with Crippen LogP contribution in [0.5, 0.6) is 0 Å². The number of nitriles is 1. The van der Waals surface area contributed by atoms with E-state index in [1.807, 2.05) is 43.3 Å². The van der Waals surface area contributed by atoms with Crippen molar-refractivity contribution >= 4 is 0 Å². The van der Waals surface area contributed by atoms with Crippen LogP contribution in [0.4, 0.5) is 4.39 Å². The Kier molecular flexibility index (Phi) is 5.17. The first-order valence-corrected chi connectivity index (χ1v) is 7.94. The number of nitrogens with one attached hydrogen (secondary N) is 1. The third-order valence-electron chi connectivity index (χ3n) is 3.82. The van der Waals surface area contributed by atoms with Gasteiger partial charge in [0.05, 0.1) is 11.6 Å². The van der Waals surface area contributed by atoms with Gasteiger partial charge in [0.2, 0.25) is 5.89 Å². The molecule has 1 aromatic heterocycles. The van der Waals surface area contributed by atoms with Crippen LogP contribution in [-0.4, -0.2) is 10.1 Å². The second-order valence-electron chi connectivity index (χ2n) is 5.74. The van der Waals surface area contributed by atoms with Gasteiger partial charge in [-0.2, -0.15) is 10.2 Å². The van der Waals surface area contributed by atoms with E-state index < -0.39 is 5.82 Å². The smallest absolute Gasteiger partial charge is 0.243 e. The topological polar surface area (TPSA) is 74.7 Å². The van der Waals surface area contributed by atoms with Crippen LogP contribution >= 0.6 is 0 Å². The van der Waals surface area contributed by atoms with Crippen molar-refractivity contribution in [1.29, 1.82) is 5.26 Å². The van der Waals surface area contributed by atoms with Crippen LogP contribution in [0.25, 0.3) is 0 Å². The number of rotatable bonds is 6. The molecule has 0 amide bonds. The van der Waals surface area contributed by atoms with Gasteiger partial charge in [0, 0.05) is 13.0 Å². The van der Waals surface area contributed by atoms with E-state index in [0.717, 1.165) is 11.1 Å². The van der Waals surface area contributed by atoms with Crippen molar-refractivity contribution in [2.75, 3.05) is 0 Å². The monoisotopic (exact) mass is 336 g/mol. The maximum Gasteiger partial charge on any atom is 0.243 e. The molecule has 1 atom stereocenters. The third kappa shape index (κ3) is 4.28. The fourth-order valence-corrected chi connectivity index (χ4v) is 2.42. The molecule has 3 rings (SSSR count). The highest BCUT2D eigenvalue weighted by Gasteiger charge is 2.14. The SMILES string of the molecule is CC(NCc1ccc(F)c(C#N)c1)c1nc(Cc2ccccc2)no1. The molecule has 1 heterocycles. The summed E-state index contributed by atoms with van der Waals surface area (Å²) in [7, 11) is 0. The maximum atomic E-state index is 13.3. The van der Waals surface area contributed by atoms with Crippen LogP contribution in [0.15, 0.2) is 53.1 Å². The first kappa shape index (κ1) is 16.8. The molecule has 25 heavy (non-hydrogen) atoms. The van der Waals surface area contributed by atoms with Gasteiger partial charge >= 0.3 is 0 Å². The summed E-state index contributed by atoms with van der Waals surface area (Å²) in [6, 6.07) is 16.1. The Bertz CT molecular complexity index is 886. The van der Waals surface area contributed by atoms with Crippen molar-refractivity contribution in [1.82, 2.24) is 15.5 Å². The second-order valence-corrected chi connectivity index (χ2v) is 5.74. The molecule has 0 aliphatic rings. The zero-order chi connectivity index (χ0) is 17.6. The van der Waals surface area contributed by atoms with Gasteiger partial charge in [-0.3, -0.25) is 0 Å². The molecule has 0 fully saturated rings. The molecule has 0 aliphatic carbocycles. The lowest BCUT2D eigenvalue weighted by Gasteiger charge is -2.09. The molecular formula is C19H17FN4O. The van der Waals surface area contributed by atoms with Crippen LogP contribution in [0.3, 0.4) is 0 Å². The van der Waals surface area contributed by atoms with E-state index in [1.54, 1.807) is 6.07 Å². The second kappa shape index (κ2) is 7.69. The maximum absolute atomic E-state index is 13.3. The largest absolute Gasteiger partial charge is 0.338 e. The van der Waals surface area contributed by atoms with E-state index in [1.165, 1.54) is 12.1 Å². The van der Waals surface area contributed by atoms with Crippen molar-refractivity contribution < 1.29 is 8.91 Å². The minimum absolute atomic E-state index is 0.0369. The fourth-order valence-electron chi connectivity index (χ4n) is 2.42. The highest BCUT2D eigenvalue weighted by atomic mass is 19.1. The zero-order valence-electron chi connectivity index (χ0n) is 13.7. The lowest BCUT2D eigenvalue weighted by molar-refractivity contribution is 0.336. The molecule has 0 saturated heterocycles. The van der Waals surface area contributed by atoms with Crippen LogP contribution in [0.1, 0.15) is 41.4 Å². The molecule has 0 spiro atoms. The first-order valence-electron chi connectivity index (χ1n) is 7.94. The summed E-state index contributed by atoms with van der Waals surface area (Å²) in [6.07, 6.45) is 0.612. The Hall–Kier alpha value is -3.04. The lowest BCUT2D eigenvalue weighted by Crippen LogP contribution is -2.18. The van der Waals surface area contributed by atoms with Gasteiger partial charge in [0.25, 0.3) is 0 Å². The zero-order valence-corrected chi connectivity index (χ0v) is 13.7. The molecule has 1 N–H and O–H groups in total. The van der Waals surface area contributed by atoms with Crippen molar-refractivity contribution in [3.63, 3.8) is 0 Å². The highest BCUT2D eigenvalue weighted by Crippen LogP contribution is 2.14. The van der Waals surface area contributed by atoms with Gasteiger partial charge in [-0.15, -0.1) is 0 Å². The fraction of sp³-hybridized carbons (Fsp3) is 0.211. The predicted molar refractivity (Wildman–Crippen MR) is 89.9 cm³/mol. The Balaban J connectivity index is 1.60. The number of hydrogen-bond donors (Lipinski definition) is 1. The molecule has 0 aliphatic heterocycles. The van der Waals surface area contributed by atoms with Crippen molar-refractivity contribution in [3.8, 4) is 6.07 Å². The van der Waals surface area contributed by atoms with Crippen molar-refractivity contribution in [2.45, 2.75) is 25.9 Å². The summed E-state index contributed by atoms with van der Waals surface area (Å²) in [5.41, 5.74) is 1.97. The standard InChI is InChI=1S/C19H17FN4O/c1-13(22-12-15-7-8-17(20)16(9-15)11-21)19-23-18(24-25-19)10-14-5-3-2-4-6-14/h2-9,13,22H,10,12H2,1H3. The number of halogens is 1. The number of benzene rings is 2. The van der Waals surface area contributed by atoms with Gasteiger partial charge in [-0.25, -0.2) is 4.39 Å². The van der Waals surface area contributed by atoms with Crippen LogP contribution in [0, 0.1) is 17.1 Å². The van der Waals surface area contributed by atoms with Crippen molar-refractivity contribution in [3.05, 3.63) is 82.8 Å². The van der Waals surface area contributed by atoms with E-state index in [4.69, 9.17) is 9.78 Å². The number of hydrogen-bond acceptors (Lipinski definition) is 5. The van der Waals surface area contributed by atoms with Gasteiger partial charge in [0.1, 0.15) is 11.9 Å². The quantitative estimate of drug-likeness (QED) is 0.745. The van der Waals surface area contributed by atoms with Gasteiger partial charge in [0.15, 0.2) is 5.82 Å². The summed E-state index contributed by atoms with van der Waals surface area (Å²) in [5, 5.41) is 16.1. The van der Waals surface area contributed by atoms with Crippen LogP contribution < -0.4 is 5.32 Å². The minimum Gasteiger partial charge on any atom is -0.338 e. The summed E-state index contributed by atoms with van der Waals surface area (Å²) >= 11 is 0. The molecule has 3 aromatic rings. The molecule has 6 heteroatoms. The summed E-state index contributed by atoms with van der Waals surface area (Å²) in [4.78, 5) is 4.41. The molecule has 0 saturated carbocycles. The first-order chi connectivity index (χ1) is 12.2. The molecule has 0 radical (unpaired) electrons. The predicted octanol–water partition coefficient (Wildman–Crippen LogP) is 3.52. The highest BCUT2D eigenvalue weighted by molar-refractivity contribution is 5.34. The molecule has 1 unspecified atom stereocenters. The van der Waals surface area contributed by atoms with Crippen molar-refractivity contribution in [2.24, 2.45) is 0 Å². The summed E-state index contributed by atoms with van der Waals surface area (Å²) < 4.78 is 18.7. The van der Waals surface area contributed by atoms with Gasteiger partial charge < -0.3 is 9.84 Å². The molecular weight excluding hydrogens is 319 g/mol. The van der Waals surface area contributed by atoms with Crippen LogP contribution in [-0.2, 0) is 13.0 Å². The Labute approximate surface area is 145 Å². The van der Waals surface area contributed by atoms with E-state index >= 15 is 0 Å². The van der Waals surface area contributed by atoms with E-state index in [2.05, 4.69) is 15.5 Å². The molecule has 126 valence electrons. The number of aromatic nitrogens is 2. The Morgan fingerprint density at radius 3 is 2.76 bits per heavy atom. The Morgan fingerprint density at radius 2 is 2.00 bits per heavy atom. The Morgan fingerprint density at radius 1 is 1.20 bits per heavy atom. The van der Waals surface area contributed by atoms with Gasteiger partial charge in [-0.1, -0.05) is 41.6 Å². The average molecular weight is 336 g/mol. The molecule has 0 bridgehead atoms. The van der Waals surface area contributed by atoms with E-state index in [9.17, 15) is 4.39 Å². The van der Waals surface area contributed by atoms with Gasteiger partial charge in [-0.05, 0) is 30.2 Å². The lowest BCUT2D eigenvalue weighted by atomic mass is 10.1. The minimum atomic E-state index is -0.512. The average Bonchev–Trinajstić information content (AvgIpc) is 3.10. The third-order valence-corrected chi connectivity index (χ3v) is 3.82. The summed E-state index contributed by atoms with van der Waals surface area (Å²) in [5.74, 6) is 0.610. The van der Waals surface area contributed by atoms with E-state index in [-0.39, 0.29) is 11.6 Å². The molecule has 2 aromatic carbocycles. The number of nitrogens with zero attached hydrogens (tertiary/aromatic N) is 3. The summed E-state index contributed by atoms with van der Waals surface area (Å²) in [6.45, 7) is 2.38. The molecule has 5 nitrogen and oxygen atoms in total.